The van der Waals surface area contributed by atoms with Crippen LogP contribution >= 0.6 is 39.1 Å². The molecule has 0 spiro atoms. The van der Waals surface area contributed by atoms with Gasteiger partial charge in [0.05, 0.1) is 21.7 Å². The maximum Gasteiger partial charge on any atom is 0.306 e. The van der Waals surface area contributed by atoms with Crippen molar-refractivity contribution in [2.75, 3.05) is 5.32 Å². The summed E-state index contributed by atoms with van der Waals surface area (Å²) in [6.45, 7) is 0. The minimum absolute atomic E-state index is 0.162. The number of benzene rings is 1. The Kier molecular flexibility index (Phi) is 5.52. The molecule has 0 radical (unpaired) electrons. The van der Waals surface area contributed by atoms with Gasteiger partial charge in [-0.15, -0.1) is 0 Å². The zero-order valence-electron chi connectivity index (χ0n) is 11.0. The Morgan fingerprint density at radius 2 is 1.57 bits per heavy atom. The molecular weight excluding hydrogens is 381 g/mol. The van der Waals surface area contributed by atoms with Gasteiger partial charge in [0.15, 0.2) is 0 Å². The smallest absolute Gasteiger partial charge is 0.306 e. The summed E-state index contributed by atoms with van der Waals surface area (Å²) in [4.78, 5) is 23.1. The van der Waals surface area contributed by atoms with E-state index in [4.69, 9.17) is 28.3 Å². The molecule has 1 saturated carbocycles. The second-order valence-electron chi connectivity index (χ2n) is 5.12. The van der Waals surface area contributed by atoms with Crippen molar-refractivity contribution in [3.05, 3.63) is 26.7 Å². The number of nitrogens with one attached hydrogen (secondary N) is 1. The summed E-state index contributed by atoms with van der Waals surface area (Å²) in [5.41, 5.74) is 0.395. The minimum Gasteiger partial charge on any atom is -0.481 e. The fourth-order valence-corrected chi connectivity index (χ4v) is 3.79. The van der Waals surface area contributed by atoms with Crippen molar-refractivity contribution in [2.45, 2.75) is 25.7 Å². The van der Waals surface area contributed by atoms with E-state index in [1.54, 1.807) is 12.1 Å². The number of anilines is 1. The molecular formula is C14H14BrCl2NO3. The molecule has 0 aliphatic heterocycles. The van der Waals surface area contributed by atoms with E-state index in [1.165, 1.54) is 0 Å². The Labute approximate surface area is 140 Å². The topological polar surface area (TPSA) is 66.4 Å². The van der Waals surface area contributed by atoms with E-state index in [0.717, 1.165) is 4.47 Å². The van der Waals surface area contributed by atoms with Crippen molar-refractivity contribution in [1.82, 2.24) is 0 Å². The highest BCUT2D eigenvalue weighted by molar-refractivity contribution is 9.10. The molecule has 2 N–H and O–H groups in total. The number of carboxylic acids is 1. The van der Waals surface area contributed by atoms with Gasteiger partial charge in [0.1, 0.15) is 0 Å². The first-order valence-corrected chi connectivity index (χ1v) is 8.11. The highest BCUT2D eigenvalue weighted by Crippen LogP contribution is 2.35. The number of halogens is 3. The highest BCUT2D eigenvalue weighted by atomic mass is 79.9. The predicted octanol–water partition coefficient (Wildman–Crippen LogP) is 4.59. The zero-order chi connectivity index (χ0) is 15.6. The maximum atomic E-state index is 12.2. The van der Waals surface area contributed by atoms with Gasteiger partial charge in [-0.3, -0.25) is 9.59 Å². The summed E-state index contributed by atoms with van der Waals surface area (Å²) >= 11 is 15.4. The van der Waals surface area contributed by atoms with Gasteiger partial charge in [0, 0.05) is 10.4 Å². The van der Waals surface area contributed by atoms with Crippen molar-refractivity contribution < 1.29 is 14.7 Å². The average Bonchev–Trinajstić information content (AvgIpc) is 2.42. The van der Waals surface area contributed by atoms with Gasteiger partial charge >= 0.3 is 5.97 Å². The molecule has 1 fully saturated rings. The number of carbonyl (C=O) groups excluding carboxylic acids is 1. The number of carboxylic acid groups (broad SMARTS) is 1. The predicted molar refractivity (Wildman–Crippen MR) is 85.9 cm³/mol. The van der Waals surface area contributed by atoms with Crippen molar-refractivity contribution >= 4 is 56.7 Å². The van der Waals surface area contributed by atoms with Crippen LogP contribution in [0.25, 0.3) is 0 Å². The summed E-state index contributed by atoms with van der Waals surface area (Å²) in [6, 6.07) is 3.31. The standard InChI is InChI=1S/C14H14BrCl2NO3/c15-9-5-10(16)12(11(17)6-9)18-13(19)7-1-3-8(4-2-7)14(20)21/h5-8H,1-4H2,(H,18,19)(H,20,21). The SMILES string of the molecule is O=C(O)C1CCC(C(=O)Nc2c(Cl)cc(Br)cc2Cl)CC1. The number of amides is 1. The monoisotopic (exact) mass is 393 g/mol. The molecule has 114 valence electrons. The summed E-state index contributed by atoms with van der Waals surface area (Å²) in [5, 5.41) is 12.4. The summed E-state index contributed by atoms with van der Waals surface area (Å²) < 4.78 is 0.734. The number of aliphatic carboxylic acids is 1. The largest absolute Gasteiger partial charge is 0.481 e. The van der Waals surface area contributed by atoms with Crippen molar-refractivity contribution in [3.63, 3.8) is 0 Å². The molecule has 0 aromatic heterocycles. The molecule has 21 heavy (non-hydrogen) atoms. The van der Waals surface area contributed by atoms with E-state index in [1.807, 2.05) is 0 Å². The third-order valence-corrected chi connectivity index (χ3v) is 4.76. The van der Waals surface area contributed by atoms with Crippen molar-refractivity contribution in [1.29, 1.82) is 0 Å². The third kappa shape index (κ3) is 4.11. The fraction of sp³-hybridized carbons (Fsp3) is 0.429. The molecule has 1 aromatic rings. The van der Waals surface area contributed by atoms with Crippen LogP contribution in [-0.2, 0) is 9.59 Å². The van der Waals surface area contributed by atoms with Crippen LogP contribution in [0.1, 0.15) is 25.7 Å². The number of hydrogen-bond donors (Lipinski definition) is 2. The lowest BCUT2D eigenvalue weighted by Crippen LogP contribution is -2.29. The van der Waals surface area contributed by atoms with Crippen molar-refractivity contribution in [2.24, 2.45) is 11.8 Å². The molecule has 1 aliphatic carbocycles. The number of rotatable bonds is 3. The lowest BCUT2D eigenvalue weighted by Gasteiger charge is -2.25. The first kappa shape index (κ1) is 16.6. The van der Waals surface area contributed by atoms with Gasteiger partial charge in [-0.2, -0.15) is 0 Å². The van der Waals surface area contributed by atoms with E-state index in [0.29, 0.717) is 41.4 Å². The summed E-state index contributed by atoms with van der Waals surface area (Å²) in [5.74, 6) is -1.48. The Morgan fingerprint density at radius 1 is 1.10 bits per heavy atom. The second kappa shape index (κ2) is 6.99. The molecule has 0 heterocycles. The van der Waals surface area contributed by atoms with Crippen LogP contribution in [0.5, 0.6) is 0 Å². The van der Waals surface area contributed by atoms with E-state index >= 15 is 0 Å². The van der Waals surface area contributed by atoms with E-state index in [-0.39, 0.29) is 17.7 Å². The Balaban J connectivity index is 2.01. The van der Waals surface area contributed by atoms with Crippen LogP contribution in [0.4, 0.5) is 5.69 Å². The lowest BCUT2D eigenvalue weighted by atomic mass is 9.81. The highest BCUT2D eigenvalue weighted by Gasteiger charge is 2.30. The molecule has 7 heteroatoms. The van der Waals surface area contributed by atoms with Gasteiger partial charge in [0.25, 0.3) is 0 Å². The second-order valence-corrected chi connectivity index (χ2v) is 6.85. The Bertz CT molecular complexity index is 548. The number of carbonyl (C=O) groups is 2. The normalized spacial score (nSPS) is 21.9. The van der Waals surface area contributed by atoms with E-state index < -0.39 is 5.97 Å². The number of hydrogen-bond acceptors (Lipinski definition) is 2. The Hall–Kier alpha value is -0.780. The minimum atomic E-state index is -0.784. The summed E-state index contributed by atoms with van der Waals surface area (Å²) in [6.07, 6.45) is 2.17. The van der Waals surface area contributed by atoms with Crippen LogP contribution in [0.2, 0.25) is 10.0 Å². The van der Waals surface area contributed by atoms with Gasteiger partial charge in [-0.1, -0.05) is 39.1 Å². The van der Waals surface area contributed by atoms with Crippen LogP contribution in [-0.4, -0.2) is 17.0 Å². The molecule has 0 atom stereocenters. The molecule has 2 rings (SSSR count). The van der Waals surface area contributed by atoms with Crippen LogP contribution in [0.15, 0.2) is 16.6 Å². The quantitative estimate of drug-likeness (QED) is 0.787. The van der Waals surface area contributed by atoms with E-state index in [2.05, 4.69) is 21.2 Å². The van der Waals surface area contributed by atoms with Gasteiger partial charge in [0.2, 0.25) is 5.91 Å². The lowest BCUT2D eigenvalue weighted by molar-refractivity contribution is -0.143. The first-order chi connectivity index (χ1) is 9.88. The third-order valence-electron chi connectivity index (χ3n) is 3.70. The zero-order valence-corrected chi connectivity index (χ0v) is 14.1. The van der Waals surface area contributed by atoms with Gasteiger partial charge in [-0.05, 0) is 37.8 Å². The van der Waals surface area contributed by atoms with Crippen LogP contribution in [0.3, 0.4) is 0 Å². The fourth-order valence-electron chi connectivity index (χ4n) is 2.49. The van der Waals surface area contributed by atoms with E-state index in [9.17, 15) is 9.59 Å². The molecule has 1 aromatic carbocycles. The molecule has 4 nitrogen and oxygen atoms in total. The van der Waals surface area contributed by atoms with Gasteiger partial charge in [-0.25, -0.2) is 0 Å². The van der Waals surface area contributed by atoms with Crippen LogP contribution in [0, 0.1) is 11.8 Å². The first-order valence-electron chi connectivity index (χ1n) is 6.56. The van der Waals surface area contributed by atoms with Crippen LogP contribution < -0.4 is 5.32 Å². The average molecular weight is 395 g/mol. The molecule has 1 aliphatic rings. The Morgan fingerprint density at radius 3 is 2.05 bits per heavy atom. The van der Waals surface area contributed by atoms with Crippen molar-refractivity contribution in [3.8, 4) is 0 Å². The maximum absolute atomic E-state index is 12.2. The van der Waals surface area contributed by atoms with Gasteiger partial charge < -0.3 is 10.4 Å². The molecule has 1 amide bonds. The molecule has 0 bridgehead atoms. The summed E-state index contributed by atoms with van der Waals surface area (Å²) in [7, 11) is 0. The molecule has 0 unspecified atom stereocenters. The molecule has 0 saturated heterocycles.